The van der Waals surface area contributed by atoms with Gasteiger partial charge in [0.05, 0.1) is 5.92 Å². The molecule has 3 aromatic rings. The van der Waals surface area contributed by atoms with E-state index in [1.54, 1.807) is 66.9 Å². The zero-order valence-corrected chi connectivity index (χ0v) is 15.5. The van der Waals surface area contributed by atoms with E-state index in [-0.39, 0.29) is 11.6 Å². The Morgan fingerprint density at radius 1 is 1.00 bits per heavy atom. The Morgan fingerprint density at radius 2 is 1.76 bits per heavy atom. The molecule has 4 rings (SSSR count). The number of pyridine rings is 1. The van der Waals surface area contributed by atoms with Gasteiger partial charge in [0, 0.05) is 24.5 Å². The molecule has 0 bridgehead atoms. The molecule has 29 heavy (non-hydrogen) atoms. The largest absolute Gasteiger partial charge is 0.296 e. The number of anilines is 1. The summed E-state index contributed by atoms with van der Waals surface area (Å²) < 4.78 is 13.8. The third-order valence-corrected chi connectivity index (χ3v) is 4.82. The van der Waals surface area contributed by atoms with Gasteiger partial charge in [-0.05, 0) is 41.8 Å². The molecule has 144 valence electrons. The van der Waals surface area contributed by atoms with Crippen molar-refractivity contribution in [2.45, 2.75) is 12.3 Å². The molecule has 0 N–H and O–H groups in total. The van der Waals surface area contributed by atoms with Gasteiger partial charge >= 0.3 is 0 Å². The first-order valence-electron chi connectivity index (χ1n) is 9.28. The van der Waals surface area contributed by atoms with Crippen LogP contribution in [0.25, 0.3) is 0 Å². The summed E-state index contributed by atoms with van der Waals surface area (Å²) >= 11 is 0. The van der Waals surface area contributed by atoms with Crippen LogP contribution in [0.2, 0.25) is 0 Å². The van der Waals surface area contributed by atoms with E-state index in [1.807, 2.05) is 0 Å². The predicted molar refractivity (Wildman–Crippen MR) is 109 cm³/mol. The number of carbonyl (C=O) groups is 2. The SMILES string of the molecule is O=C1c2ccccc2C(C=NCCc2ccccc2F)C(=O)N1c1ccccn1. The summed E-state index contributed by atoms with van der Waals surface area (Å²) in [5.41, 5.74) is 1.64. The lowest BCUT2D eigenvalue weighted by atomic mass is 9.89. The van der Waals surface area contributed by atoms with Crippen molar-refractivity contribution in [3.63, 3.8) is 0 Å². The lowest BCUT2D eigenvalue weighted by Crippen LogP contribution is -2.46. The van der Waals surface area contributed by atoms with Gasteiger partial charge in [-0.3, -0.25) is 14.6 Å². The number of hydrogen-bond acceptors (Lipinski definition) is 4. The molecule has 1 unspecified atom stereocenters. The van der Waals surface area contributed by atoms with Crippen molar-refractivity contribution >= 4 is 23.8 Å². The molecule has 2 heterocycles. The Hall–Kier alpha value is -3.67. The molecule has 1 aromatic heterocycles. The maximum Gasteiger partial charge on any atom is 0.266 e. The summed E-state index contributed by atoms with van der Waals surface area (Å²) in [6.07, 6.45) is 3.51. The Balaban J connectivity index is 1.61. The zero-order valence-electron chi connectivity index (χ0n) is 15.5. The maximum absolute atomic E-state index is 13.8. The number of benzene rings is 2. The molecule has 5 nitrogen and oxygen atoms in total. The fourth-order valence-corrected chi connectivity index (χ4v) is 3.37. The van der Waals surface area contributed by atoms with Gasteiger partial charge in [0.1, 0.15) is 11.6 Å². The van der Waals surface area contributed by atoms with Gasteiger partial charge in [0.25, 0.3) is 5.91 Å². The van der Waals surface area contributed by atoms with Crippen LogP contribution in [-0.4, -0.2) is 29.6 Å². The van der Waals surface area contributed by atoms with E-state index in [1.165, 1.54) is 12.3 Å². The van der Waals surface area contributed by atoms with Crippen molar-refractivity contribution in [1.29, 1.82) is 0 Å². The van der Waals surface area contributed by atoms with Crippen molar-refractivity contribution in [3.05, 3.63) is 95.4 Å². The summed E-state index contributed by atoms with van der Waals surface area (Å²) in [4.78, 5) is 35.6. The van der Waals surface area contributed by atoms with Crippen LogP contribution in [0.3, 0.4) is 0 Å². The molecule has 1 aliphatic heterocycles. The first kappa shape index (κ1) is 18.7. The number of halogens is 1. The van der Waals surface area contributed by atoms with Crippen LogP contribution in [0.5, 0.6) is 0 Å². The molecule has 2 amide bonds. The lowest BCUT2D eigenvalue weighted by molar-refractivity contribution is -0.118. The summed E-state index contributed by atoms with van der Waals surface area (Å²) in [6, 6.07) is 18.6. The lowest BCUT2D eigenvalue weighted by Gasteiger charge is -2.30. The minimum absolute atomic E-state index is 0.270. The van der Waals surface area contributed by atoms with Gasteiger partial charge < -0.3 is 0 Å². The number of aromatic nitrogens is 1. The summed E-state index contributed by atoms with van der Waals surface area (Å²) in [5, 5.41) is 0. The number of aliphatic imine (C=N–C) groups is 1. The number of hydrogen-bond donors (Lipinski definition) is 0. The van der Waals surface area contributed by atoms with E-state index in [9.17, 15) is 14.0 Å². The number of rotatable bonds is 5. The molecule has 1 aliphatic rings. The van der Waals surface area contributed by atoms with E-state index in [0.29, 0.717) is 29.7 Å². The summed E-state index contributed by atoms with van der Waals surface area (Å²) in [6.45, 7) is 0.338. The molecular weight excluding hydrogens is 369 g/mol. The number of carbonyl (C=O) groups excluding carboxylic acids is 2. The average molecular weight is 387 g/mol. The second kappa shape index (κ2) is 8.14. The minimum atomic E-state index is -0.702. The quantitative estimate of drug-likeness (QED) is 0.494. The molecule has 0 spiro atoms. The van der Waals surface area contributed by atoms with Crippen molar-refractivity contribution in [3.8, 4) is 0 Å². The fourth-order valence-electron chi connectivity index (χ4n) is 3.37. The third-order valence-electron chi connectivity index (χ3n) is 4.82. The van der Waals surface area contributed by atoms with Crippen molar-refractivity contribution < 1.29 is 14.0 Å². The number of nitrogens with zero attached hydrogens (tertiary/aromatic N) is 3. The normalized spacial score (nSPS) is 16.3. The van der Waals surface area contributed by atoms with Crippen molar-refractivity contribution in [2.24, 2.45) is 4.99 Å². The van der Waals surface area contributed by atoms with Crippen LogP contribution < -0.4 is 4.90 Å². The van der Waals surface area contributed by atoms with Crippen LogP contribution in [-0.2, 0) is 11.2 Å². The van der Waals surface area contributed by atoms with Gasteiger partial charge in [-0.1, -0.05) is 42.5 Å². The Kier molecular flexibility index (Phi) is 5.24. The maximum atomic E-state index is 13.8. The van der Waals surface area contributed by atoms with E-state index in [2.05, 4.69) is 9.98 Å². The van der Waals surface area contributed by atoms with Crippen LogP contribution >= 0.6 is 0 Å². The molecule has 0 saturated carbocycles. The Morgan fingerprint density at radius 3 is 2.55 bits per heavy atom. The van der Waals surface area contributed by atoms with Gasteiger partial charge in [-0.25, -0.2) is 14.3 Å². The second-order valence-corrected chi connectivity index (χ2v) is 6.63. The summed E-state index contributed by atoms with van der Waals surface area (Å²) in [5.74, 6) is -1.50. The Bertz CT molecular complexity index is 1080. The molecule has 0 aliphatic carbocycles. The molecule has 1 atom stereocenters. The molecule has 0 saturated heterocycles. The average Bonchev–Trinajstić information content (AvgIpc) is 2.75. The van der Waals surface area contributed by atoms with E-state index < -0.39 is 17.7 Å². The Labute approximate surface area is 167 Å². The monoisotopic (exact) mass is 387 g/mol. The first-order valence-corrected chi connectivity index (χ1v) is 9.28. The fraction of sp³-hybridized carbons (Fsp3) is 0.130. The van der Waals surface area contributed by atoms with Crippen LogP contribution in [0.4, 0.5) is 10.2 Å². The smallest absolute Gasteiger partial charge is 0.266 e. The van der Waals surface area contributed by atoms with E-state index >= 15 is 0 Å². The van der Waals surface area contributed by atoms with Crippen molar-refractivity contribution in [2.75, 3.05) is 11.4 Å². The molecule has 0 fully saturated rings. The molecule has 6 heteroatoms. The van der Waals surface area contributed by atoms with Gasteiger partial charge in [-0.15, -0.1) is 0 Å². The highest BCUT2D eigenvalue weighted by molar-refractivity contribution is 6.28. The van der Waals surface area contributed by atoms with Gasteiger partial charge in [-0.2, -0.15) is 0 Å². The highest BCUT2D eigenvalue weighted by Crippen LogP contribution is 2.30. The first-order chi connectivity index (χ1) is 14.2. The third kappa shape index (κ3) is 3.69. The van der Waals surface area contributed by atoms with Gasteiger partial charge in [0.2, 0.25) is 5.91 Å². The molecular formula is C23H18FN3O2. The highest BCUT2D eigenvalue weighted by Gasteiger charge is 2.39. The minimum Gasteiger partial charge on any atom is -0.296 e. The zero-order chi connectivity index (χ0) is 20.2. The number of fused-ring (bicyclic) bond motifs is 1. The van der Waals surface area contributed by atoms with E-state index in [4.69, 9.17) is 0 Å². The van der Waals surface area contributed by atoms with Crippen molar-refractivity contribution in [1.82, 2.24) is 4.98 Å². The van der Waals surface area contributed by atoms with Crippen LogP contribution in [0.1, 0.15) is 27.4 Å². The van der Waals surface area contributed by atoms with Crippen LogP contribution in [0.15, 0.2) is 77.9 Å². The predicted octanol–water partition coefficient (Wildman–Crippen LogP) is 3.80. The number of imide groups is 1. The van der Waals surface area contributed by atoms with Gasteiger partial charge in [0.15, 0.2) is 0 Å². The topological polar surface area (TPSA) is 62.6 Å². The number of amides is 2. The highest BCUT2D eigenvalue weighted by atomic mass is 19.1. The molecule has 0 radical (unpaired) electrons. The van der Waals surface area contributed by atoms with Crippen LogP contribution in [0, 0.1) is 5.82 Å². The van der Waals surface area contributed by atoms with E-state index in [0.717, 1.165) is 4.90 Å². The second-order valence-electron chi connectivity index (χ2n) is 6.63. The standard InChI is InChI=1S/C23H18FN3O2/c24-20-10-4-1-7-16(20)12-14-25-15-19-17-8-2-3-9-18(17)22(28)27(23(19)29)21-11-5-6-13-26-21/h1-11,13,15,19H,12,14H2. The molecule has 2 aromatic carbocycles. The summed E-state index contributed by atoms with van der Waals surface area (Å²) in [7, 11) is 0.